The highest BCUT2D eigenvalue weighted by atomic mass is 16.5. The minimum atomic E-state index is -0.106. The van der Waals surface area contributed by atoms with Gasteiger partial charge in [-0.15, -0.1) is 0 Å². The Labute approximate surface area is 94.9 Å². The molecule has 0 aromatic heterocycles. The van der Waals surface area contributed by atoms with Crippen LogP contribution in [0.15, 0.2) is 30.3 Å². The summed E-state index contributed by atoms with van der Waals surface area (Å²) in [5, 5.41) is 0. The number of rotatable bonds is 7. The van der Waals surface area contributed by atoms with E-state index < -0.39 is 0 Å². The van der Waals surface area contributed by atoms with E-state index in [4.69, 9.17) is 6.11 Å². The molecule has 1 nitrogen and oxygen atoms in total. The molecular formula is C14H22O. The fraction of sp³-hybridized carbons (Fsp3) is 0.571. The Balaban J connectivity index is 2.57. The van der Waals surface area contributed by atoms with Gasteiger partial charge >= 0.3 is 0 Å². The van der Waals surface area contributed by atoms with Gasteiger partial charge in [-0.2, -0.15) is 0 Å². The van der Waals surface area contributed by atoms with Crippen molar-refractivity contribution in [2.45, 2.75) is 52.0 Å². The van der Waals surface area contributed by atoms with Gasteiger partial charge in [0.05, 0.1) is 6.10 Å². The van der Waals surface area contributed by atoms with Gasteiger partial charge in [0.2, 0.25) is 0 Å². The molecule has 0 aliphatic heterocycles. The summed E-state index contributed by atoms with van der Waals surface area (Å²) in [6, 6.07) is 9.84. The lowest BCUT2D eigenvalue weighted by molar-refractivity contribution is 0.176. The summed E-state index contributed by atoms with van der Waals surface area (Å²) >= 11 is 0. The SMILES string of the molecule is [2H][C@@H](CCC)[C@@H](CCC)Oc1ccccc1. The van der Waals surface area contributed by atoms with E-state index in [2.05, 4.69) is 13.8 Å². The maximum Gasteiger partial charge on any atom is 0.119 e. The second-order valence-electron chi connectivity index (χ2n) is 3.78. The summed E-state index contributed by atoms with van der Waals surface area (Å²) in [4.78, 5) is 0. The van der Waals surface area contributed by atoms with Crippen LogP contribution in [0.4, 0.5) is 0 Å². The molecule has 0 unspecified atom stereocenters. The molecule has 84 valence electrons. The Morgan fingerprint density at radius 1 is 1.20 bits per heavy atom. The molecule has 0 fully saturated rings. The first-order chi connectivity index (χ1) is 7.77. The van der Waals surface area contributed by atoms with Crippen molar-refractivity contribution in [1.82, 2.24) is 0 Å². The molecule has 1 aromatic carbocycles. The van der Waals surface area contributed by atoms with Gasteiger partial charge in [-0.1, -0.05) is 51.3 Å². The van der Waals surface area contributed by atoms with E-state index in [9.17, 15) is 0 Å². The van der Waals surface area contributed by atoms with Crippen LogP contribution in [0.5, 0.6) is 5.75 Å². The average Bonchev–Trinajstić information content (AvgIpc) is 2.30. The van der Waals surface area contributed by atoms with Gasteiger partial charge in [0, 0.05) is 1.37 Å². The molecule has 0 heterocycles. The monoisotopic (exact) mass is 207 g/mol. The highest BCUT2D eigenvalue weighted by molar-refractivity contribution is 5.21. The van der Waals surface area contributed by atoms with E-state index >= 15 is 0 Å². The average molecular weight is 207 g/mol. The second-order valence-corrected chi connectivity index (χ2v) is 3.78. The van der Waals surface area contributed by atoms with Crippen molar-refractivity contribution in [3.8, 4) is 5.75 Å². The minimum Gasteiger partial charge on any atom is -0.490 e. The van der Waals surface area contributed by atoms with Crippen molar-refractivity contribution >= 4 is 0 Å². The van der Waals surface area contributed by atoms with E-state index in [0.29, 0.717) is 0 Å². The minimum absolute atomic E-state index is 0.0346. The molecule has 15 heavy (non-hydrogen) atoms. The molecule has 1 rings (SSSR count). The lowest BCUT2D eigenvalue weighted by Crippen LogP contribution is -2.15. The summed E-state index contributed by atoms with van der Waals surface area (Å²) in [5.74, 6) is 0.884. The number of hydrogen-bond acceptors (Lipinski definition) is 1. The highest BCUT2D eigenvalue weighted by Gasteiger charge is 2.08. The van der Waals surface area contributed by atoms with Crippen molar-refractivity contribution in [3.05, 3.63) is 30.3 Å². The summed E-state index contributed by atoms with van der Waals surface area (Å²) in [7, 11) is 0. The van der Waals surface area contributed by atoms with Crippen LogP contribution >= 0.6 is 0 Å². The number of para-hydroxylation sites is 1. The predicted molar refractivity (Wildman–Crippen MR) is 65.3 cm³/mol. The van der Waals surface area contributed by atoms with Crippen LogP contribution in [0.1, 0.15) is 47.3 Å². The van der Waals surface area contributed by atoms with Crippen LogP contribution in [0, 0.1) is 0 Å². The predicted octanol–water partition coefficient (Wildman–Crippen LogP) is 4.42. The first kappa shape index (κ1) is 10.5. The molecule has 0 saturated carbocycles. The Morgan fingerprint density at radius 3 is 2.53 bits per heavy atom. The topological polar surface area (TPSA) is 9.23 Å². The summed E-state index contributed by atoms with van der Waals surface area (Å²) < 4.78 is 13.9. The van der Waals surface area contributed by atoms with Crippen molar-refractivity contribution in [2.75, 3.05) is 0 Å². The highest BCUT2D eigenvalue weighted by Crippen LogP contribution is 2.17. The first-order valence-electron chi connectivity index (χ1n) is 6.49. The normalized spacial score (nSPS) is 15.5. The van der Waals surface area contributed by atoms with Gasteiger partial charge < -0.3 is 4.74 Å². The first-order valence-corrected chi connectivity index (χ1v) is 5.91. The van der Waals surface area contributed by atoms with Crippen LogP contribution in [-0.2, 0) is 0 Å². The third-order valence-electron chi connectivity index (χ3n) is 2.32. The quantitative estimate of drug-likeness (QED) is 0.643. The van der Waals surface area contributed by atoms with E-state index in [-0.39, 0.29) is 12.5 Å². The molecule has 0 bridgehead atoms. The Hall–Kier alpha value is -0.980. The van der Waals surface area contributed by atoms with E-state index in [0.717, 1.165) is 31.4 Å². The summed E-state index contributed by atoms with van der Waals surface area (Å²) in [6.07, 6.45) is 3.92. The largest absolute Gasteiger partial charge is 0.490 e. The zero-order valence-electron chi connectivity index (χ0n) is 10.8. The van der Waals surface area contributed by atoms with E-state index in [1.165, 1.54) is 0 Å². The van der Waals surface area contributed by atoms with Crippen molar-refractivity contribution in [3.63, 3.8) is 0 Å². The Kier molecular flexibility index (Phi) is 5.15. The maximum atomic E-state index is 8.06. The number of ether oxygens (including phenoxy) is 1. The van der Waals surface area contributed by atoms with Gasteiger partial charge in [-0.25, -0.2) is 0 Å². The maximum absolute atomic E-state index is 8.06. The number of hydrogen-bond donors (Lipinski definition) is 0. The second kappa shape index (κ2) is 7.33. The zero-order valence-corrected chi connectivity index (χ0v) is 9.78. The third-order valence-corrected chi connectivity index (χ3v) is 2.32. The van der Waals surface area contributed by atoms with Gasteiger partial charge in [0.15, 0.2) is 0 Å². The van der Waals surface area contributed by atoms with E-state index in [1.54, 1.807) is 0 Å². The zero-order chi connectivity index (χ0) is 11.8. The summed E-state index contributed by atoms with van der Waals surface area (Å²) in [5.41, 5.74) is 0. The molecule has 0 saturated heterocycles. The number of benzene rings is 1. The van der Waals surface area contributed by atoms with Crippen molar-refractivity contribution in [2.24, 2.45) is 0 Å². The molecule has 1 heteroatoms. The van der Waals surface area contributed by atoms with Gasteiger partial charge in [-0.05, 0) is 25.0 Å². The molecule has 0 amide bonds. The molecule has 0 aliphatic carbocycles. The van der Waals surface area contributed by atoms with Crippen LogP contribution in [0.25, 0.3) is 0 Å². The smallest absolute Gasteiger partial charge is 0.119 e. The molecule has 1 aromatic rings. The molecule has 0 aliphatic rings. The van der Waals surface area contributed by atoms with Gasteiger partial charge in [0.1, 0.15) is 5.75 Å². The summed E-state index contributed by atoms with van der Waals surface area (Å²) in [6.45, 7) is 4.26. The fourth-order valence-corrected chi connectivity index (χ4v) is 1.54. The van der Waals surface area contributed by atoms with Crippen LogP contribution in [-0.4, -0.2) is 6.10 Å². The standard InChI is InChI=1S/C14H22O/c1-3-5-10-13(9-4-2)15-14-11-7-6-8-12-14/h6-8,11-13H,3-5,9-10H2,1-2H3/t13-/m1/s1/i10D/t10-,13+/m0. The third kappa shape index (κ3) is 4.87. The molecule has 2 atom stereocenters. The lowest BCUT2D eigenvalue weighted by Gasteiger charge is -2.18. The fourth-order valence-electron chi connectivity index (χ4n) is 1.54. The molecular weight excluding hydrogens is 184 g/mol. The van der Waals surface area contributed by atoms with Gasteiger partial charge in [0.25, 0.3) is 0 Å². The Morgan fingerprint density at radius 2 is 1.93 bits per heavy atom. The van der Waals surface area contributed by atoms with Crippen molar-refractivity contribution < 1.29 is 6.11 Å². The molecule has 0 spiro atoms. The van der Waals surface area contributed by atoms with Crippen LogP contribution in [0.3, 0.4) is 0 Å². The van der Waals surface area contributed by atoms with E-state index in [1.807, 2.05) is 30.3 Å². The van der Waals surface area contributed by atoms with Crippen LogP contribution in [0.2, 0.25) is 0 Å². The Bertz CT molecular complexity index is 273. The lowest BCUT2D eigenvalue weighted by atomic mass is 10.1. The molecule has 0 N–H and O–H groups in total. The van der Waals surface area contributed by atoms with Crippen molar-refractivity contribution in [1.29, 1.82) is 0 Å². The molecule has 0 radical (unpaired) electrons. The van der Waals surface area contributed by atoms with Crippen LogP contribution < -0.4 is 4.74 Å². The van der Waals surface area contributed by atoms with Gasteiger partial charge in [-0.3, -0.25) is 0 Å².